The van der Waals surface area contributed by atoms with E-state index >= 15 is 0 Å². The summed E-state index contributed by atoms with van der Waals surface area (Å²) in [7, 11) is 3.12. The van der Waals surface area contributed by atoms with E-state index in [0.29, 0.717) is 49.2 Å². The van der Waals surface area contributed by atoms with Crippen molar-refractivity contribution < 1.29 is 19.1 Å². The molecule has 0 unspecified atom stereocenters. The molecule has 26 heavy (non-hydrogen) atoms. The molecule has 2 amide bonds. The summed E-state index contributed by atoms with van der Waals surface area (Å²) in [4.78, 5) is 28.7. The molecule has 2 fully saturated rings. The Balaban J connectivity index is 1.61. The summed E-state index contributed by atoms with van der Waals surface area (Å²) in [5.41, 5.74) is 1.71. The molecule has 0 aromatic heterocycles. The highest BCUT2D eigenvalue weighted by Gasteiger charge is 2.27. The predicted molar refractivity (Wildman–Crippen MR) is 98.5 cm³/mol. The van der Waals surface area contributed by atoms with Crippen LogP contribution in [-0.4, -0.2) is 62.0 Å². The Morgan fingerprint density at radius 1 is 0.962 bits per heavy atom. The minimum Gasteiger partial charge on any atom is -0.497 e. The van der Waals surface area contributed by atoms with Crippen molar-refractivity contribution in [1.82, 2.24) is 9.80 Å². The topological polar surface area (TPSA) is 59.1 Å². The third-order valence-corrected chi connectivity index (χ3v) is 5.05. The van der Waals surface area contributed by atoms with Crippen LogP contribution in [0.25, 0.3) is 0 Å². The number of rotatable bonds is 5. The number of benzene rings is 1. The Morgan fingerprint density at radius 2 is 1.50 bits per heavy atom. The van der Waals surface area contributed by atoms with E-state index in [0.717, 1.165) is 0 Å². The number of hydrogen-bond donors (Lipinski definition) is 0. The van der Waals surface area contributed by atoms with E-state index in [2.05, 4.69) is 0 Å². The van der Waals surface area contributed by atoms with Crippen molar-refractivity contribution in [2.75, 3.05) is 40.4 Å². The number of amides is 2. The molecule has 0 radical (unpaired) electrons. The van der Waals surface area contributed by atoms with Crippen molar-refractivity contribution in [3.63, 3.8) is 0 Å². The highest BCUT2D eigenvalue weighted by Crippen LogP contribution is 2.36. The maximum Gasteiger partial charge on any atom is 0.254 e. The van der Waals surface area contributed by atoms with Gasteiger partial charge in [-0.3, -0.25) is 9.59 Å². The predicted octanol–water partition coefficient (Wildman–Crippen LogP) is 2.34. The normalized spacial score (nSPS) is 17.9. The van der Waals surface area contributed by atoms with Gasteiger partial charge in [0.25, 0.3) is 5.91 Å². The molecule has 1 aromatic carbocycles. The van der Waals surface area contributed by atoms with Gasteiger partial charge in [-0.25, -0.2) is 0 Å². The molecular formula is C20H26N2O4. The van der Waals surface area contributed by atoms with Gasteiger partial charge in [0.1, 0.15) is 11.5 Å². The van der Waals surface area contributed by atoms with Gasteiger partial charge in [-0.15, -0.1) is 0 Å². The lowest BCUT2D eigenvalue weighted by molar-refractivity contribution is -0.127. The van der Waals surface area contributed by atoms with E-state index in [4.69, 9.17) is 9.47 Å². The van der Waals surface area contributed by atoms with Crippen LogP contribution in [-0.2, 0) is 4.79 Å². The first-order chi connectivity index (χ1) is 12.5. The van der Waals surface area contributed by atoms with Gasteiger partial charge in [0.2, 0.25) is 5.91 Å². The summed E-state index contributed by atoms with van der Waals surface area (Å²) in [5.74, 6) is 1.76. The van der Waals surface area contributed by atoms with Crippen LogP contribution in [0.2, 0.25) is 0 Å². The van der Waals surface area contributed by atoms with E-state index in [1.807, 2.05) is 11.8 Å². The quantitative estimate of drug-likeness (QED) is 0.758. The van der Waals surface area contributed by atoms with Crippen molar-refractivity contribution in [3.05, 3.63) is 35.4 Å². The molecule has 0 N–H and O–H groups in total. The first-order valence-electron chi connectivity index (χ1n) is 9.01. The van der Waals surface area contributed by atoms with E-state index in [9.17, 15) is 9.59 Å². The molecule has 1 heterocycles. The van der Waals surface area contributed by atoms with E-state index in [1.165, 1.54) is 18.4 Å². The molecule has 0 spiro atoms. The number of nitrogens with zero attached hydrogens (tertiary/aromatic N) is 2. The molecule has 2 aliphatic rings. The molecule has 1 aliphatic carbocycles. The van der Waals surface area contributed by atoms with Gasteiger partial charge in [0.05, 0.1) is 14.2 Å². The van der Waals surface area contributed by atoms with Crippen molar-refractivity contribution in [1.29, 1.82) is 0 Å². The fraction of sp³-hybridized carbons (Fsp3) is 0.500. The number of carbonyl (C=O) groups is 2. The average molecular weight is 358 g/mol. The minimum absolute atomic E-state index is 0.0598. The van der Waals surface area contributed by atoms with Crippen LogP contribution in [0.1, 0.15) is 30.1 Å². The van der Waals surface area contributed by atoms with E-state index < -0.39 is 0 Å². The van der Waals surface area contributed by atoms with E-state index in [1.54, 1.807) is 43.4 Å². The van der Waals surface area contributed by atoms with Gasteiger partial charge in [-0.05, 0) is 37.8 Å². The van der Waals surface area contributed by atoms with Gasteiger partial charge in [0.15, 0.2) is 0 Å². The van der Waals surface area contributed by atoms with Crippen LogP contribution in [0.5, 0.6) is 11.5 Å². The number of methoxy groups -OCH3 is 2. The van der Waals surface area contributed by atoms with Crippen molar-refractivity contribution in [2.45, 2.75) is 19.8 Å². The molecule has 0 bridgehead atoms. The van der Waals surface area contributed by atoms with Crippen molar-refractivity contribution >= 4 is 11.8 Å². The molecule has 0 atom stereocenters. The zero-order valence-electron chi connectivity index (χ0n) is 15.7. The maximum atomic E-state index is 12.8. The Bertz CT molecular complexity index is 694. The third-order valence-electron chi connectivity index (χ3n) is 5.05. The fourth-order valence-corrected chi connectivity index (χ4v) is 3.19. The largest absolute Gasteiger partial charge is 0.497 e. The Labute approximate surface area is 154 Å². The molecule has 1 saturated carbocycles. The number of piperazine rings is 1. The molecule has 3 rings (SSSR count). The smallest absolute Gasteiger partial charge is 0.254 e. The van der Waals surface area contributed by atoms with Crippen LogP contribution < -0.4 is 9.47 Å². The molecule has 1 aromatic rings. The molecule has 6 nitrogen and oxygen atoms in total. The number of carbonyl (C=O) groups excluding carboxylic acids is 2. The fourth-order valence-electron chi connectivity index (χ4n) is 3.19. The second-order valence-corrected chi connectivity index (χ2v) is 6.88. The molecule has 6 heteroatoms. The van der Waals surface area contributed by atoms with Gasteiger partial charge in [-0.1, -0.05) is 5.57 Å². The number of allylic oxidation sites excluding steroid dienone is 1. The van der Waals surface area contributed by atoms with Crippen LogP contribution in [0.15, 0.2) is 29.8 Å². The molecule has 1 aliphatic heterocycles. The highest BCUT2D eigenvalue weighted by atomic mass is 16.5. The van der Waals surface area contributed by atoms with Crippen LogP contribution in [0.4, 0.5) is 0 Å². The first-order valence-corrected chi connectivity index (χ1v) is 9.01. The van der Waals surface area contributed by atoms with Crippen LogP contribution in [0.3, 0.4) is 0 Å². The lowest BCUT2D eigenvalue weighted by Gasteiger charge is -2.34. The molecule has 1 saturated heterocycles. The summed E-state index contributed by atoms with van der Waals surface area (Å²) in [6.45, 7) is 4.20. The summed E-state index contributed by atoms with van der Waals surface area (Å²) < 4.78 is 10.5. The standard InChI is InChI=1S/C20H26N2O4/c1-14(15-4-5-15)10-19(23)21-6-8-22(9-7-21)20(24)16-11-17(25-2)13-18(12-16)26-3/h10-13,15H,4-9H2,1-3H3/b14-10+. The molecular weight excluding hydrogens is 332 g/mol. The maximum absolute atomic E-state index is 12.8. The zero-order chi connectivity index (χ0) is 18.7. The third kappa shape index (κ3) is 4.18. The SMILES string of the molecule is COc1cc(OC)cc(C(=O)N2CCN(C(=O)/C=C(\C)C3CC3)CC2)c1. The summed E-state index contributed by atoms with van der Waals surface area (Å²) in [6.07, 6.45) is 4.16. The van der Waals surface area contributed by atoms with Gasteiger partial charge in [0, 0.05) is 43.9 Å². The lowest BCUT2D eigenvalue weighted by Crippen LogP contribution is -2.50. The summed E-state index contributed by atoms with van der Waals surface area (Å²) in [6, 6.07) is 5.16. The van der Waals surface area contributed by atoms with Crippen molar-refractivity contribution in [2.24, 2.45) is 5.92 Å². The van der Waals surface area contributed by atoms with Crippen LogP contribution >= 0.6 is 0 Å². The summed E-state index contributed by atoms with van der Waals surface area (Å²) >= 11 is 0. The van der Waals surface area contributed by atoms with Gasteiger partial charge >= 0.3 is 0 Å². The second-order valence-electron chi connectivity index (χ2n) is 6.88. The molecule has 140 valence electrons. The Kier molecular flexibility index (Phi) is 5.49. The van der Waals surface area contributed by atoms with Crippen LogP contribution in [0, 0.1) is 5.92 Å². The average Bonchev–Trinajstić information content (AvgIpc) is 3.52. The number of hydrogen-bond acceptors (Lipinski definition) is 4. The lowest BCUT2D eigenvalue weighted by atomic mass is 10.1. The highest BCUT2D eigenvalue weighted by molar-refractivity contribution is 5.95. The Morgan fingerprint density at radius 3 is 2.00 bits per heavy atom. The minimum atomic E-state index is -0.0704. The first kappa shape index (κ1) is 18.3. The number of ether oxygens (including phenoxy) is 2. The Hall–Kier alpha value is -2.50. The summed E-state index contributed by atoms with van der Waals surface area (Å²) in [5, 5.41) is 0. The van der Waals surface area contributed by atoms with Gasteiger partial charge < -0.3 is 19.3 Å². The van der Waals surface area contributed by atoms with Gasteiger partial charge in [-0.2, -0.15) is 0 Å². The monoisotopic (exact) mass is 358 g/mol. The second kappa shape index (κ2) is 7.81. The zero-order valence-corrected chi connectivity index (χ0v) is 15.7. The van der Waals surface area contributed by atoms with E-state index in [-0.39, 0.29) is 11.8 Å². The van der Waals surface area contributed by atoms with Crippen molar-refractivity contribution in [3.8, 4) is 11.5 Å².